The van der Waals surface area contributed by atoms with Gasteiger partial charge in [0, 0.05) is 24.4 Å². The fraction of sp³-hybridized carbons (Fsp3) is 0.250. The predicted octanol–water partition coefficient (Wildman–Crippen LogP) is 3.71. The maximum absolute atomic E-state index is 13.1. The van der Waals surface area contributed by atoms with Crippen molar-refractivity contribution in [2.24, 2.45) is 0 Å². The summed E-state index contributed by atoms with van der Waals surface area (Å²) in [5.41, 5.74) is 3.81. The Morgan fingerprint density at radius 1 is 0.935 bits per heavy atom. The summed E-state index contributed by atoms with van der Waals surface area (Å²) < 4.78 is 16.1. The molecule has 31 heavy (non-hydrogen) atoms. The molecule has 7 nitrogen and oxygen atoms in total. The molecule has 0 saturated carbocycles. The minimum absolute atomic E-state index is 0.118. The van der Waals surface area contributed by atoms with Gasteiger partial charge in [-0.3, -0.25) is 14.5 Å². The maximum Gasteiger partial charge on any atom is 0.278 e. The topological polar surface area (TPSA) is 77.1 Å². The Labute approximate surface area is 181 Å². The van der Waals surface area contributed by atoms with E-state index in [1.165, 1.54) is 27.4 Å². The fourth-order valence-corrected chi connectivity index (χ4v) is 3.45. The standard InChI is InChI=1S/C24H26N2O5/c1-7-10-26-23(27)20(16-9-8-14(2)15(3)11-16)21(24(26)28)25-17-12-18(29-4)22(31-6)19(13-17)30-5/h7-9,11-13,25H,1,10H2,2-6H3. The van der Waals surface area contributed by atoms with Crippen LogP contribution in [0.3, 0.4) is 0 Å². The van der Waals surface area contributed by atoms with Crippen LogP contribution in [0.15, 0.2) is 48.7 Å². The lowest BCUT2D eigenvalue weighted by molar-refractivity contribution is -0.136. The number of imide groups is 1. The fourth-order valence-electron chi connectivity index (χ4n) is 3.45. The summed E-state index contributed by atoms with van der Waals surface area (Å²) in [6.45, 7) is 7.74. The first kappa shape index (κ1) is 22.0. The van der Waals surface area contributed by atoms with Crippen LogP contribution >= 0.6 is 0 Å². The molecular formula is C24H26N2O5. The van der Waals surface area contributed by atoms with Crippen LogP contribution in [-0.2, 0) is 9.59 Å². The minimum Gasteiger partial charge on any atom is -0.493 e. The second-order valence-corrected chi connectivity index (χ2v) is 7.10. The van der Waals surface area contributed by atoms with Gasteiger partial charge in [0.25, 0.3) is 11.8 Å². The van der Waals surface area contributed by atoms with Gasteiger partial charge < -0.3 is 19.5 Å². The van der Waals surface area contributed by atoms with Gasteiger partial charge in [-0.1, -0.05) is 24.3 Å². The van der Waals surface area contributed by atoms with Crippen molar-refractivity contribution in [1.29, 1.82) is 0 Å². The van der Waals surface area contributed by atoms with Gasteiger partial charge in [0.1, 0.15) is 5.70 Å². The Morgan fingerprint density at radius 3 is 2.10 bits per heavy atom. The van der Waals surface area contributed by atoms with Crippen molar-refractivity contribution in [2.45, 2.75) is 13.8 Å². The number of nitrogens with zero attached hydrogens (tertiary/aromatic N) is 1. The van der Waals surface area contributed by atoms with Crippen molar-refractivity contribution < 1.29 is 23.8 Å². The van der Waals surface area contributed by atoms with Crippen molar-refractivity contribution in [2.75, 3.05) is 33.2 Å². The third kappa shape index (κ3) is 3.99. The molecule has 0 unspecified atom stereocenters. The predicted molar refractivity (Wildman–Crippen MR) is 119 cm³/mol. The Morgan fingerprint density at radius 2 is 1.58 bits per heavy atom. The second kappa shape index (κ2) is 8.95. The molecule has 162 valence electrons. The second-order valence-electron chi connectivity index (χ2n) is 7.10. The van der Waals surface area contributed by atoms with Crippen LogP contribution in [0.2, 0.25) is 0 Å². The smallest absolute Gasteiger partial charge is 0.278 e. The highest BCUT2D eigenvalue weighted by Crippen LogP contribution is 2.41. The number of benzene rings is 2. The summed E-state index contributed by atoms with van der Waals surface area (Å²) in [4.78, 5) is 27.4. The van der Waals surface area contributed by atoms with Crippen LogP contribution < -0.4 is 19.5 Å². The summed E-state index contributed by atoms with van der Waals surface area (Å²) in [6, 6.07) is 9.05. The van der Waals surface area contributed by atoms with Crippen molar-refractivity contribution in [1.82, 2.24) is 4.90 Å². The van der Waals surface area contributed by atoms with Crippen LogP contribution in [0.25, 0.3) is 5.57 Å². The van der Waals surface area contributed by atoms with E-state index >= 15 is 0 Å². The van der Waals surface area contributed by atoms with Gasteiger partial charge in [-0.15, -0.1) is 6.58 Å². The monoisotopic (exact) mass is 422 g/mol. The quantitative estimate of drug-likeness (QED) is 0.516. The number of carbonyl (C=O) groups excluding carboxylic acids is 2. The van der Waals surface area contributed by atoms with Crippen LogP contribution in [0.5, 0.6) is 17.2 Å². The van der Waals surface area contributed by atoms with Crippen molar-refractivity contribution in [3.05, 3.63) is 65.4 Å². The third-order valence-electron chi connectivity index (χ3n) is 5.21. The highest BCUT2D eigenvalue weighted by molar-refractivity contribution is 6.36. The summed E-state index contributed by atoms with van der Waals surface area (Å²) in [6.07, 6.45) is 1.52. The van der Waals surface area contributed by atoms with E-state index in [-0.39, 0.29) is 18.1 Å². The highest BCUT2D eigenvalue weighted by atomic mass is 16.5. The molecule has 0 spiro atoms. The zero-order valence-corrected chi connectivity index (χ0v) is 18.4. The molecular weight excluding hydrogens is 396 g/mol. The molecule has 0 radical (unpaired) electrons. The molecule has 2 aromatic carbocycles. The molecule has 1 aliphatic heterocycles. The van der Waals surface area contributed by atoms with E-state index < -0.39 is 5.91 Å². The SMILES string of the molecule is C=CCN1C(=O)C(Nc2cc(OC)c(OC)c(OC)c2)=C(c2ccc(C)c(C)c2)C1=O. The van der Waals surface area contributed by atoms with E-state index in [1.807, 2.05) is 32.0 Å². The number of aryl methyl sites for hydroxylation is 2. The molecule has 0 bridgehead atoms. The molecule has 0 aliphatic carbocycles. The Kier molecular flexibility index (Phi) is 6.34. The van der Waals surface area contributed by atoms with E-state index in [2.05, 4.69) is 11.9 Å². The molecule has 0 saturated heterocycles. The van der Waals surface area contributed by atoms with E-state index in [0.717, 1.165) is 16.0 Å². The Bertz CT molecular complexity index is 1060. The zero-order valence-electron chi connectivity index (χ0n) is 18.4. The van der Waals surface area contributed by atoms with Gasteiger partial charge in [-0.25, -0.2) is 0 Å². The molecule has 2 amide bonds. The van der Waals surface area contributed by atoms with E-state index in [9.17, 15) is 9.59 Å². The summed E-state index contributed by atoms with van der Waals surface area (Å²) in [5.74, 6) is 0.491. The number of hydrogen-bond donors (Lipinski definition) is 1. The summed E-state index contributed by atoms with van der Waals surface area (Å²) in [7, 11) is 4.54. The van der Waals surface area contributed by atoms with Gasteiger partial charge >= 0.3 is 0 Å². The van der Waals surface area contributed by atoms with Gasteiger partial charge in [0.2, 0.25) is 5.75 Å². The van der Waals surface area contributed by atoms with E-state index in [4.69, 9.17) is 14.2 Å². The minimum atomic E-state index is -0.424. The van der Waals surface area contributed by atoms with Crippen LogP contribution in [-0.4, -0.2) is 44.6 Å². The van der Waals surface area contributed by atoms with Crippen molar-refractivity contribution in [3.8, 4) is 17.2 Å². The molecule has 0 fully saturated rings. The molecule has 1 N–H and O–H groups in total. The van der Waals surface area contributed by atoms with E-state index in [1.54, 1.807) is 12.1 Å². The first-order chi connectivity index (χ1) is 14.9. The average Bonchev–Trinajstić information content (AvgIpc) is 2.99. The number of hydrogen-bond acceptors (Lipinski definition) is 6. The molecule has 2 aromatic rings. The normalized spacial score (nSPS) is 13.5. The maximum atomic E-state index is 13.1. The van der Waals surface area contributed by atoms with Crippen molar-refractivity contribution in [3.63, 3.8) is 0 Å². The van der Waals surface area contributed by atoms with Gasteiger partial charge in [0.15, 0.2) is 11.5 Å². The molecule has 1 heterocycles. The Balaban J connectivity index is 2.15. The number of anilines is 1. The van der Waals surface area contributed by atoms with Crippen LogP contribution in [0, 0.1) is 13.8 Å². The highest BCUT2D eigenvalue weighted by Gasteiger charge is 2.38. The number of nitrogens with one attached hydrogen (secondary N) is 1. The Hall–Kier alpha value is -3.74. The third-order valence-corrected chi connectivity index (χ3v) is 5.21. The number of ether oxygens (including phenoxy) is 3. The van der Waals surface area contributed by atoms with Crippen LogP contribution in [0.4, 0.5) is 5.69 Å². The average molecular weight is 422 g/mol. The largest absolute Gasteiger partial charge is 0.493 e. The molecule has 0 aromatic heterocycles. The first-order valence-corrected chi connectivity index (χ1v) is 9.72. The number of methoxy groups -OCH3 is 3. The summed E-state index contributed by atoms with van der Waals surface area (Å²) in [5, 5.41) is 3.11. The number of carbonyl (C=O) groups is 2. The number of rotatable bonds is 8. The first-order valence-electron chi connectivity index (χ1n) is 9.72. The van der Waals surface area contributed by atoms with Gasteiger partial charge in [-0.05, 0) is 30.5 Å². The molecule has 7 heteroatoms. The van der Waals surface area contributed by atoms with Crippen molar-refractivity contribution >= 4 is 23.1 Å². The zero-order chi connectivity index (χ0) is 22.7. The van der Waals surface area contributed by atoms with E-state index in [0.29, 0.717) is 34.1 Å². The van der Waals surface area contributed by atoms with Crippen LogP contribution in [0.1, 0.15) is 16.7 Å². The molecule has 1 aliphatic rings. The van der Waals surface area contributed by atoms with Gasteiger partial charge in [-0.2, -0.15) is 0 Å². The molecule has 0 atom stereocenters. The van der Waals surface area contributed by atoms with Gasteiger partial charge in [0.05, 0.1) is 26.9 Å². The lowest BCUT2D eigenvalue weighted by Gasteiger charge is -2.16. The summed E-state index contributed by atoms with van der Waals surface area (Å²) >= 11 is 0. The molecule has 3 rings (SSSR count). The lowest BCUT2D eigenvalue weighted by Crippen LogP contribution is -2.32. The number of amides is 2. The lowest BCUT2D eigenvalue weighted by atomic mass is 9.99.